The molecule has 184 valence electrons. The molecule has 0 radical (unpaired) electrons. The molecule has 3 aromatic carbocycles. The zero-order valence-electron chi connectivity index (χ0n) is 20.0. The van der Waals surface area contributed by atoms with Crippen molar-refractivity contribution in [3.8, 4) is 5.75 Å². The molecule has 1 aliphatic heterocycles. The quantitative estimate of drug-likeness (QED) is 0.365. The first-order valence-electron chi connectivity index (χ1n) is 11.8. The van der Waals surface area contributed by atoms with E-state index in [1.54, 1.807) is 60.7 Å². The molecule has 3 aromatic rings. The van der Waals surface area contributed by atoms with Gasteiger partial charge in [-0.3, -0.25) is 14.4 Å². The number of phenolic OH excluding ortho intramolecular Hbond substituents is 1. The van der Waals surface area contributed by atoms with Crippen LogP contribution >= 0.6 is 0 Å². The molecule has 0 bridgehead atoms. The molecule has 0 aromatic heterocycles. The van der Waals surface area contributed by atoms with Crippen molar-refractivity contribution in [3.05, 3.63) is 100 Å². The average molecular weight is 485 g/mol. The third kappa shape index (κ3) is 5.60. The predicted octanol–water partition coefficient (Wildman–Crippen LogP) is 3.41. The van der Waals surface area contributed by atoms with E-state index in [1.165, 1.54) is 6.07 Å². The van der Waals surface area contributed by atoms with E-state index in [0.29, 0.717) is 27.8 Å². The van der Waals surface area contributed by atoms with Gasteiger partial charge in [-0.2, -0.15) is 4.99 Å². The van der Waals surface area contributed by atoms with Crippen molar-refractivity contribution < 1.29 is 19.5 Å². The van der Waals surface area contributed by atoms with Gasteiger partial charge in [0.25, 0.3) is 17.7 Å². The maximum Gasteiger partial charge on any atom is 0.278 e. The van der Waals surface area contributed by atoms with Gasteiger partial charge in [-0.05, 0) is 73.9 Å². The summed E-state index contributed by atoms with van der Waals surface area (Å²) in [5, 5.41) is 13.0. The molecular weight excluding hydrogens is 456 g/mol. The SMILES string of the molecule is Cc1cc(C(=O)NCc2cc(C(N)=NC(=O)c3ccccc3)ccc2O)ccc1C(=O)N1CCCC1. The van der Waals surface area contributed by atoms with Crippen LogP contribution in [0.25, 0.3) is 0 Å². The van der Waals surface area contributed by atoms with Crippen LogP contribution in [0.2, 0.25) is 0 Å². The summed E-state index contributed by atoms with van der Waals surface area (Å²) >= 11 is 0. The van der Waals surface area contributed by atoms with Crippen LogP contribution in [0.4, 0.5) is 0 Å². The molecule has 0 spiro atoms. The summed E-state index contributed by atoms with van der Waals surface area (Å²) in [6, 6.07) is 18.1. The second-order valence-electron chi connectivity index (χ2n) is 8.72. The third-order valence-corrected chi connectivity index (χ3v) is 6.17. The molecule has 0 unspecified atom stereocenters. The number of hydrogen-bond donors (Lipinski definition) is 3. The van der Waals surface area contributed by atoms with Gasteiger partial charge in [0.05, 0.1) is 0 Å². The summed E-state index contributed by atoms with van der Waals surface area (Å²) in [4.78, 5) is 43.6. The minimum Gasteiger partial charge on any atom is -0.508 e. The van der Waals surface area contributed by atoms with Crippen molar-refractivity contribution in [1.29, 1.82) is 0 Å². The lowest BCUT2D eigenvalue weighted by Crippen LogP contribution is -2.28. The highest BCUT2D eigenvalue weighted by Gasteiger charge is 2.21. The lowest BCUT2D eigenvalue weighted by atomic mass is 10.0. The number of rotatable bonds is 6. The Balaban J connectivity index is 1.44. The fourth-order valence-electron chi connectivity index (χ4n) is 4.12. The first-order chi connectivity index (χ1) is 17.3. The van der Waals surface area contributed by atoms with E-state index in [9.17, 15) is 19.5 Å². The van der Waals surface area contributed by atoms with Gasteiger partial charge in [0.2, 0.25) is 0 Å². The molecule has 0 aliphatic carbocycles. The zero-order valence-corrected chi connectivity index (χ0v) is 20.0. The van der Waals surface area contributed by atoms with Gasteiger partial charge in [0.1, 0.15) is 11.6 Å². The Morgan fingerprint density at radius 2 is 1.64 bits per heavy atom. The second-order valence-corrected chi connectivity index (χ2v) is 8.72. The van der Waals surface area contributed by atoms with E-state index in [0.717, 1.165) is 31.5 Å². The highest BCUT2D eigenvalue weighted by Crippen LogP contribution is 2.20. The maximum atomic E-state index is 12.8. The number of nitrogens with zero attached hydrogens (tertiary/aromatic N) is 2. The summed E-state index contributed by atoms with van der Waals surface area (Å²) in [6.07, 6.45) is 2.03. The minimum atomic E-state index is -0.474. The monoisotopic (exact) mass is 484 g/mol. The molecular formula is C28H28N4O4. The van der Waals surface area contributed by atoms with Crippen molar-refractivity contribution in [2.75, 3.05) is 13.1 Å². The Hall–Kier alpha value is -4.46. The molecule has 3 amide bonds. The summed E-state index contributed by atoms with van der Waals surface area (Å²) in [5.41, 5.74) is 9.05. The number of likely N-dealkylation sites (tertiary alicyclic amines) is 1. The number of benzene rings is 3. The van der Waals surface area contributed by atoms with E-state index in [4.69, 9.17) is 5.73 Å². The Morgan fingerprint density at radius 1 is 0.944 bits per heavy atom. The van der Waals surface area contributed by atoms with Gasteiger partial charge in [-0.1, -0.05) is 18.2 Å². The van der Waals surface area contributed by atoms with Gasteiger partial charge in [0, 0.05) is 47.5 Å². The van der Waals surface area contributed by atoms with Crippen LogP contribution in [0.5, 0.6) is 5.75 Å². The van der Waals surface area contributed by atoms with Crippen LogP contribution in [-0.4, -0.2) is 46.7 Å². The summed E-state index contributed by atoms with van der Waals surface area (Å²) in [7, 11) is 0. The number of carbonyl (C=O) groups excluding carboxylic acids is 3. The van der Waals surface area contributed by atoms with Crippen LogP contribution in [0.3, 0.4) is 0 Å². The molecule has 8 heteroatoms. The molecule has 0 saturated carbocycles. The number of amides is 3. The fraction of sp³-hybridized carbons (Fsp3) is 0.214. The van der Waals surface area contributed by atoms with Crippen molar-refractivity contribution >= 4 is 23.6 Å². The summed E-state index contributed by atoms with van der Waals surface area (Å²) in [6.45, 7) is 3.37. The fourth-order valence-corrected chi connectivity index (χ4v) is 4.12. The van der Waals surface area contributed by atoms with Crippen molar-refractivity contribution in [2.45, 2.75) is 26.3 Å². The standard InChI is InChI=1S/C28H28N4O4/c1-18-15-21(9-11-23(18)28(36)32-13-5-6-14-32)26(34)30-17-22-16-20(10-12-24(22)33)25(29)31-27(35)19-7-3-2-4-8-19/h2-4,7-12,15-16,33H,5-6,13-14,17H2,1H3,(H,30,34)(H2,29,31,35). The smallest absolute Gasteiger partial charge is 0.278 e. The van der Waals surface area contributed by atoms with E-state index in [1.807, 2.05) is 11.8 Å². The number of nitrogens with one attached hydrogen (secondary N) is 1. The van der Waals surface area contributed by atoms with Gasteiger partial charge >= 0.3 is 0 Å². The average Bonchev–Trinajstić information content (AvgIpc) is 3.43. The van der Waals surface area contributed by atoms with Crippen LogP contribution < -0.4 is 11.1 Å². The number of aryl methyl sites for hydroxylation is 1. The van der Waals surface area contributed by atoms with Gasteiger partial charge in [0.15, 0.2) is 0 Å². The summed E-state index contributed by atoms with van der Waals surface area (Å²) < 4.78 is 0. The number of hydrogen-bond acceptors (Lipinski definition) is 4. The maximum absolute atomic E-state index is 12.8. The lowest BCUT2D eigenvalue weighted by molar-refractivity contribution is 0.0791. The number of phenols is 1. The molecule has 1 fully saturated rings. The normalized spacial score (nSPS) is 13.5. The highest BCUT2D eigenvalue weighted by atomic mass is 16.3. The Kier molecular flexibility index (Phi) is 7.44. The lowest BCUT2D eigenvalue weighted by Gasteiger charge is -2.17. The van der Waals surface area contributed by atoms with E-state index >= 15 is 0 Å². The van der Waals surface area contributed by atoms with E-state index in [-0.39, 0.29) is 29.9 Å². The zero-order chi connectivity index (χ0) is 25.7. The molecule has 8 nitrogen and oxygen atoms in total. The number of amidine groups is 1. The topological polar surface area (TPSA) is 125 Å². The Labute approximate surface area is 209 Å². The first-order valence-corrected chi connectivity index (χ1v) is 11.8. The molecule has 4 rings (SSSR count). The number of nitrogens with two attached hydrogens (primary N) is 1. The van der Waals surface area contributed by atoms with Crippen LogP contribution in [-0.2, 0) is 6.54 Å². The van der Waals surface area contributed by atoms with E-state index < -0.39 is 5.91 Å². The Morgan fingerprint density at radius 3 is 2.33 bits per heavy atom. The molecule has 1 aliphatic rings. The molecule has 1 heterocycles. The number of aromatic hydroxyl groups is 1. The largest absolute Gasteiger partial charge is 0.508 e. The summed E-state index contributed by atoms with van der Waals surface area (Å²) in [5.74, 6) is -0.847. The highest BCUT2D eigenvalue weighted by molar-refractivity contribution is 6.08. The van der Waals surface area contributed by atoms with Crippen LogP contribution in [0.15, 0.2) is 71.7 Å². The third-order valence-electron chi connectivity index (χ3n) is 6.17. The second kappa shape index (κ2) is 10.9. The van der Waals surface area contributed by atoms with Crippen LogP contribution in [0.1, 0.15) is 60.6 Å². The van der Waals surface area contributed by atoms with Gasteiger partial charge < -0.3 is 21.1 Å². The van der Waals surface area contributed by atoms with Gasteiger partial charge in [-0.25, -0.2) is 0 Å². The number of aliphatic imine (C=N–C) groups is 1. The molecule has 36 heavy (non-hydrogen) atoms. The molecule has 1 saturated heterocycles. The van der Waals surface area contributed by atoms with Crippen LogP contribution in [0, 0.1) is 6.92 Å². The minimum absolute atomic E-state index is 0.00492. The molecule has 0 atom stereocenters. The van der Waals surface area contributed by atoms with Gasteiger partial charge in [-0.15, -0.1) is 0 Å². The molecule has 4 N–H and O–H groups in total. The Bertz CT molecular complexity index is 1330. The predicted molar refractivity (Wildman–Crippen MR) is 137 cm³/mol. The first kappa shape index (κ1) is 24.7. The number of carbonyl (C=O) groups is 3. The van der Waals surface area contributed by atoms with E-state index in [2.05, 4.69) is 10.3 Å². The van der Waals surface area contributed by atoms with Crippen molar-refractivity contribution in [2.24, 2.45) is 10.7 Å². The van der Waals surface area contributed by atoms with Crippen molar-refractivity contribution in [3.63, 3.8) is 0 Å². The van der Waals surface area contributed by atoms with Crippen molar-refractivity contribution in [1.82, 2.24) is 10.2 Å².